The Kier molecular flexibility index (Phi) is 6.73. The standard InChI is InChI=1S/C32H30N6O4/c1-32(2,23-7-5-18(6-8-23)21-13-20(15-33)28(34-16-21)19-3-4-19)37-31(42)35-24-9-10-25-22(14-24)17-38(30(25)41)26-11-12-27(39)36-29(26)40/h5-10,13-14,16,19,26H,3-4,11-12,17H2,1-2H3,(H2,35,37,42)(H,36,39,40). The van der Waals surface area contributed by atoms with Crippen molar-refractivity contribution in [1.82, 2.24) is 20.5 Å². The lowest BCUT2D eigenvalue weighted by molar-refractivity contribution is -0.136. The molecule has 1 aromatic heterocycles. The molecule has 0 bridgehead atoms. The van der Waals surface area contributed by atoms with Crippen molar-refractivity contribution >= 4 is 29.4 Å². The molecule has 1 saturated carbocycles. The van der Waals surface area contributed by atoms with Crippen LogP contribution in [0.4, 0.5) is 10.5 Å². The number of carbonyl (C=O) groups is 4. The van der Waals surface area contributed by atoms with Crippen molar-refractivity contribution in [3.05, 3.63) is 82.7 Å². The normalized spacial score (nSPS) is 18.3. The highest BCUT2D eigenvalue weighted by Crippen LogP contribution is 2.41. The molecule has 3 aromatic rings. The molecule has 1 aliphatic carbocycles. The van der Waals surface area contributed by atoms with Gasteiger partial charge < -0.3 is 15.5 Å². The van der Waals surface area contributed by atoms with Gasteiger partial charge in [-0.1, -0.05) is 24.3 Å². The van der Waals surface area contributed by atoms with Crippen molar-refractivity contribution in [3.8, 4) is 17.2 Å². The minimum absolute atomic E-state index is 0.189. The number of carbonyl (C=O) groups excluding carboxylic acids is 4. The van der Waals surface area contributed by atoms with Crippen molar-refractivity contribution in [3.63, 3.8) is 0 Å². The molecule has 1 saturated heterocycles. The molecular formula is C32H30N6O4. The van der Waals surface area contributed by atoms with E-state index in [-0.39, 0.29) is 24.8 Å². The summed E-state index contributed by atoms with van der Waals surface area (Å²) < 4.78 is 0. The summed E-state index contributed by atoms with van der Waals surface area (Å²) in [5, 5.41) is 17.7. The Balaban J connectivity index is 1.10. The number of imide groups is 1. The minimum Gasteiger partial charge on any atom is -0.329 e. The number of pyridine rings is 1. The summed E-state index contributed by atoms with van der Waals surface area (Å²) in [4.78, 5) is 55.7. The fourth-order valence-electron chi connectivity index (χ4n) is 5.65. The quantitative estimate of drug-likeness (QED) is 0.382. The van der Waals surface area contributed by atoms with Gasteiger partial charge in [0, 0.05) is 41.9 Å². The predicted molar refractivity (Wildman–Crippen MR) is 154 cm³/mol. The van der Waals surface area contributed by atoms with E-state index in [2.05, 4.69) is 27.0 Å². The Bertz CT molecular complexity index is 1670. The highest BCUT2D eigenvalue weighted by molar-refractivity contribution is 6.05. The second-order valence-corrected chi connectivity index (χ2v) is 11.6. The molecule has 2 aromatic carbocycles. The first kappa shape index (κ1) is 27.1. The van der Waals surface area contributed by atoms with Crippen LogP contribution in [0.15, 0.2) is 54.7 Å². The van der Waals surface area contributed by atoms with Crippen LogP contribution in [0.25, 0.3) is 11.1 Å². The monoisotopic (exact) mass is 562 g/mol. The molecule has 3 heterocycles. The smallest absolute Gasteiger partial charge is 0.319 e. The summed E-state index contributed by atoms with van der Waals surface area (Å²) in [7, 11) is 0. The molecule has 2 fully saturated rings. The Morgan fingerprint density at radius 1 is 1.05 bits per heavy atom. The van der Waals surface area contributed by atoms with Crippen LogP contribution in [0, 0.1) is 11.3 Å². The van der Waals surface area contributed by atoms with E-state index in [9.17, 15) is 24.4 Å². The van der Waals surface area contributed by atoms with Crippen molar-refractivity contribution in [2.75, 3.05) is 5.32 Å². The van der Waals surface area contributed by atoms with Crippen LogP contribution in [0.2, 0.25) is 0 Å². The number of benzene rings is 2. The highest BCUT2D eigenvalue weighted by atomic mass is 16.2. The second kappa shape index (κ2) is 10.4. The number of fused-ring (bicyclic) bond motifs is 1. The Morgan fingerprint density at radius 3 is 2.50 bits per heavy atom. The molecule has 10 nitrogen and oxygen atoms in total. The zero-order valence-electron chi connectivity index (χ0n) is 23.4. The van der Waals surface area contributed by atoms with Crippen LogP contribution in [0.3, 0.4) is 0 Å². The van der Waals surface area contributed by atoms with E-state index in [0.717, 1.165) is 35.2 Å². The third-order valence-electron chi connectivity index (χ3n) is 8.15. The zero-order valence-corrected chi connectivity index (χ0v) is 23.4. The van der Waals surface area contributed by atoms with Gasteiger partial charge in [-0.15, -0.1) is 0 Å². The first-order valence-electron chi connectivity index (χ1n) is 14.0. The summed E-state index contributed by atoms with van der Waals surface area (Å²) in [5.41, 5.74) is 5.20. The number of urea groups is 1. The van der Waals surface area contributed by atoms with Crippen molar-refractivity contribution < 1.29 is 19.2 Å². The average Bonchev–Trinajstić information content (AvgIpc) is 3.76. The number of piperidine rings is 1. The number of nitriles is 1. The molecule has 10 heteroatoms. The van der Waals surface area contributed by atoms with Gasteiger partial charge in [0.25, 0.3) is 5.91 Å². The first-order chi connectivity index (χ1) is 20.1. The molecule has 3 aliphatic rings. The molecular weight excluding hydrogens is 532 g/mol. The van der Waals surface area contributed by atoms with Crippen LogP contribution in [0.5, 0.6) is 0 Å². The van der Waals surface area contributed by atoms with Crippen LogP contribution in [-0.4, -0.2) is 39.7 Å². The van der Waals surface area contributed by atoms with Crippen molar-refractivity contribution in [2.24, 2.45) is 0 Å². The maximum Gasteiger partial charge on any atom is 0.319 e. The second-order valence-electron chi connectivity index (χ2n) is 11.6. The minimum atomic E-state index is -0.705. The fraction of sp³-hybridized carbons (Fsp3) is 0.312. The van der Waals surface area contributed by atoms with E-state index in [0.29, 0.717) is 34.7 Å². The molecule has 1 unspecified atom stereocenters. The number of hydrogen-bond acceptors (Lipinski definition) is 6. The van der Waals surface area contributed by atoms with Gasteiger partial charge in [0.15, 0.2) is 0 Å². The van der Waals surface area contributed by atoms with E-state index in [4.69, 9.17) is 0 Å². The molecule has 2 aliphatic heterocycles. The number of rotatable bonds is 6. The number of hydrogen-bond donors (Lipinski definition) is 3. The van der Waals surface area contributed by atoms with E-state index in [1.807, 2.05) is 50.4 Å². The van der Waals surface area contributed by atoms with Crippen LogP contribution in [-0.2, 0) is 21.7 Å². The molecule has 6 rings (SSSR count). The molecule has 0 spiro atoms. The summed E-state index contributed by atoms with van der Waals surface area (Å²) >= 11 is 0. The van der Waals surface area contributed by atoms with E-state index in [1.54, 1.807) is 18.2 Å². The maximum atomic E-state index is 13.0. The van der Waals surface area contributed by atoms with Gasteiger partial charge in [0.1, 0.15) is 12.1 Å². The molecule has 0 radical (unpaired) electrons. The Labute approximate surface area is 243 Å². The maximum absolute atomic E-state index is 13.0. The van der Waals surface area contributed by atoms with Gasteiger partial charge in [-0.05, 0) is 74.1 Å². The Morgan fingerprint density at radius 2 is 1.81 bits per heavy atom. The van der Waals surface area contributed by atoms with E-state index in [1.165, 1.54) is 4.90 Å². The van der Waals surface area contributed by atoms with Crippen molar-refractivity contribution in [2.45, 2.75) is 63.6 Å². The lowest BCUT2D eigenvalue weighted by atomic mass is 9.92. The highest BCUT2D eigenvalue weighted by Gasteiger charge is 2.39. The zero-order chi connectivity index (χ0) is 29.6. The molecule has 3 N–H and O–H groups in total. The SMILES string of the molecule is CC(C)(NC(=O)Nc1ccc2c(c1)CN(C1CCC(=O)NC1=O)C2=O)c1ccc(-c2cnc(C3CC3)c(C#N)c2)cc1. The number of nitrogens with zero attached hydrogens (tertiary/aromatic N) is 3. The predicted octanol–water partition coefficient (Wildman–Crippen LogP) is 4.32. The summed E-state index contributed by atoms with van der Waals surface area (Å²) in [6.45, 7) is 4.03. The fourth-order valence-corrected chi connectivity index (χ4v) is 5.65. The van der Waals surface area contributed by atoms with Crippen molar-refractivity contribution in [1.29, 1.82) is 5.26 Å². The largest absolute Gasteiger partial charge is 0.329 e. The number of amides is 5. The molecule has 5 amide bonds. The summed E-state index contributed by atoms with van der Waals surface area (Å²) in [6.07, 6.45) is 4.46. The van der Waals surface area contributed by atoms with Gasteiger partial charge in [0.05, 0.1) is 16.8 Å². The van der Waals surface area contributed by atoms with Gasteiger partial charge in [-0.2, -0.15) is 5.26 Å². The average molecular weight is 563 g/mol. The lowest BCUT2D eigenvalue weighted by Crippen LogP contribution is -2.52. The number of nitrogens with one attached hydrogen (secondary N) is 3. The lowest BCUT2D eigenvalue weighted by Gasteiger charge is -2.29. The van der Waals surface area contributed by atoms with Gasteiger partial charge in [-0.25, -0.2) is 4.79 Å². The van der Waals surface area contributed by atoms with Gasteiger partial charge >= 0.3 is 6.03 Å². The molecule has 212 valence electrons. The first-order valence-corrected chi connectivity index (χ1v) is 14.0. The summed E-state index contributed by atoms with van der Waals surface area (Å²) in [6, 6.07) is 15.9. The van der Waals surface area contributed by atoms with Crippen LogP contribution < -0.4 is 16.0 Å². The van der Waals surface area contributed by atoms with Gasteiger partial charge in [-0.3, -0.25) is 24.7 Å². The van der Waals surface area contributed by atoms with E-state index >= 15 is 0 Å². The molecule has 1 atom stereocenters. The van der Waals surface area contributed by atoms with Crippen LogP contribution >= 0.6 is 0 Å². The molecule has 42 heavy (non-hydrogen) atoms. The third kappa shape index (κ3) is 5.21. The number of aromatic nitrogens is 1. The number of anilines is 1. The topological polar surface area (TPSA) is 144 Å². The van der Waals surface area contributed by atoms with E-state index < -0.39 is 23.5 Å². The summed E-state index contributed by atoms with van der Waals surface area (Å²) in [5.74, 6) is -0.656. The Hall–Kier alpha value is -5.04. The van der Waals surface area contributed by atoms with Gasteiger partial charge in [0.2, 0.25) is 11.8 Å². The third-order valence-corrected chi connectivity index (χ3v) is 8.15. The van der Waals surface area contributed by atoms with Crippen LogP contribution in [0.1, 0.15) is 78.2 Å².